The minimum Gasteiger partial charge on any atom is -0.444 e. The van der Waals surface area contributed by atoms with Crippen LogP contribution >= 0.6 is 0 Å². The van der Waals surface area contributed by atoms with Crippen molar-refractivity contribution in [2.45, 2.75) is 114 Å². The number of sulfonamides is 1. The maximum atomic E-state index is 14.0. The zero-order valence-electron chi connectivity index (χ0n) is 25.5. The van der Waals surface area contributed by atoms with E-state index in [2.05, 4.69) is 10.6 Å². The molecule has 4 amide bonds. The summed E-state index contributed by atoms with van der Waals surface area (Å²) in [5, 5.41) is 15.9. The van der Waals surface area contributed by atoms with Gasteiger partial charge in [0.05, 0.1) is 6.10 Å². The van der Waals surface area contributed by atoms with E-state index in [0.717, 1.165) is 6.42 Å². The molecule has 7 unspecified atom stereocenters. The van der Waals surface area contributed by atoms with E-state index >= 15 is 0 Å². The Kier molecular flexibility index (Phi) is 9.24. The van der Waals surface area contributed by atoms with Gasteiger partial charge in [0, 0.05) is 18.9 Å². The third-order valence-corrected chi connectivity index (χ3v) is 11.1. The van der Waals surface area contributed by atoms with Crippen LogP contribution < -0.4 is 15.4 Å². The molecule has 1 saturated heterocycles. The largest absolute Gasteiger partial charge is 0.444 e. The van der Waals surface area contributed by atoms with Crippen LogP contribution in [0.1, 0.15) is 79.6 Å². The van der Waals surface area contributed by atoms with Crippen molar-refractivity contribution < 1.29 is 41.8 Å². The smallest absolute Gasteiger partial charge is 0.408 e. The van der Waals surface area contributed by atoms with Crippen LogP contribution in [-0.2, 0) is 29.1 Å². The van der Waals surface area contributed by atoms with Gasteiger partial charge in [0.2, 0.25) is 21.8 Å². The average Bonchev–Trinajstić information content (AvgIpc) is 3.79. The Bertz CT molecular complexity index is 1260. The molecule has 4 aliphatic rings. The lowest BCUT2D eigenvalue weighted by Gasteiger charge is -2.33. The molecule has 4 rings (SSSR count). The normalized spacial score (nSPS) is 34.5. The Labute approximate surface area is 252 Å². The maximum absolute atomic E-state index is 14.0. The maximum Gasteiger partial charge on any atom is 0.408 e. The molecule has 12 nitrogen and oxygen atoms in total. The summed E-state index contributed by atoms with van der Waals surface area (Å²) in [5.74, 6) is -2.96. The van der Waals surface area contributed by atoms with Gasteiger partial charge in [-0.2, -0.15) is 0 Å². The second kappa shape index (κ2) is 12.0. The molecule has 0 aromatic heterocycles. The Morgan fingerprint density at radius 1 is 1.21 bits per heavy atom. The summed E-state index contributed by atoms with van der Waals surface area (Å²) in [6.07, 6.45) is 4.02. The van der Waals surface area contributed by atoms with Crippen LogP contribution in [0.5, 0.6) is 0 Å². The number of fused-ring (bicyclic) bond motifs is 2. The summed E-state index contributed by atoms with van der Waals surface area (Å²) < 4.78 is 45.1. The highest BCUT2D eigenvalue weighted by Gasteiger charge is 2.64. The molecular weight excluding hydrogens is 583 g/mol. The van der Waals surface area contributed by atoms with Crippen molar-refractivity contribution in [1.82, 2.24) is 20.3 Å². The molecule has 4 N–H and O–H groups in total. The third kappa shape index (κ3) is 7.16. The van der Waals surface area contributed by atoms with E-state index in [-0.39, 0.29) is 44.1 Å². The fourth-order valence-corrected chi connectivity index (χ4v) is 7.54. The highest BCUT2D eigenvalue weighted by Crippen LogP contribution is 2.48. The van der Waals surface area contributed by atoms with Gasteiger partial charge in [-0.25, -0.2) is 17.6 Å². The van der Waals surface area contributed by atoms with E-state index in [9.17, 15) is 37.1 Å². The van der Waals surface area contributed by atoms with Gasteiger partial charge < -0.3 is 25.4 Å². The van der Waals surface area contributed by atoms with Gasteiger partial charge in [-0.15, -0.1) is 0 Å². The minimum atomic E-state index is -4.33. The molecule has 2 heterocycles. The number of carbonyl (C=O) groups excluding carboxylic acids is 4. The molecule has 2 saturated carbocycles. The highest BCUT2D eigenvalue weighted by molar-refractivity contribution is 7.91. The number of allylic oxidation sites excluding steroid dienone is 1. The molecule has 14 heteroatoms. The van der Waals surface area contributed by atoms with Gasteiger partial charge in [-0.1, -0.05) is 26.0 Å². The Hall–Kier alpha value is -2.74. The zero-order valence-corrected chi connectivity index (χ0v) is 26.3. The van der Waals surface area contributed by atoms with Crippen molar-refractivity contribution in [2.75, 3.05) is 13.2 Å². The first kappa shape index (κ1) is 33.2. The SMILES string of the molecule is CC1CCC=CC2CC2(C(=O)NS(=O)(=O)C2(CF)CC2)NC(=O)C2CC(O)CN2C(=O)C(NC(=O)OC(C)(C)C)C(C)C1. The monoisotopic (exact) mass is 628 g/mol. The fraction of sp³-hybridized carbons (Fsp3) is 0.793. The first-order valence-electron chi connectivity index (χ1n) is 15.0. The molecule has 2 aliphatic heterocycles. The number of ether oxygens (including phenoxy) is 1. The fourth-order valence-electron chi connectivity index (χ4n) is 6.12. The van der Waals surface area contributed by atoms with Crippen molar-refractivity contribution in [3.63, 3.8) is 0 Å². The van der Waals surface area contributed by atoms with E-state index in [1.165, 1.54) is 4.90 Å². The quantitative estimate of drug-likeness (QED) is 0.333. The van der Waals surface area contributed by atoms with Crippen molar-refractivity contribution >= 4 is 33.8 Å². The molecule has 43 heavy (non-hydrogen) atoms. The number of aliphatic hydroxyl groups excluding tert-OH is 1. The number of aliphatic hydroxyl groups is 1. The lowest BCUT2D eigenvalue weighted by atomic mass is 9.88. The molecule has 0 radical (unpaired) electrons. The van der Waals surface area contributed by atoms with Crippen molar-refractivity contribution in [3.8, 4) is 0 Å². The summed E-state index contributed by atoms with van der Waals surface area (Å²) >= 11 is 0. The predicted molar refractivity (Wildman–Crippen MR) is 155 cm³/mol. The third-order valence-electron chi connectivity index (χ3n) is 8.96. The predicted octanol–water partition coefficient (Wildman–Crippen LogP) is 1.68. The van der Waals surface area contributed by atoms with Crippen molar-refractivity contribution in [2.24, 2.45) is 17.8 Å². The number of nitrogens with one attached hydrogen (secondary N) is 3. The number of amides is 4. The number of hydrogen-bond donors (Lipinski definition) is 4. The lowest BCUT2D eigenvalue weighted by Crippen LogP contribution is -2.59. The van der Waals surface area contributed by atoms with Crippen LogP contribution in [0.15, 0.2) is 12.2 Å². The molecule has 0 aromatic rings. The van der Waals surface area contributed by atoms with Gasteiger partial charge in [-0.05, 0) is 71.1 Å². The highest BCUT2D eigenvalue weighted by atomic mass is 32.2. The molecule has 3 fully saturated rings. The van der Waals surface area contributed by atoms with E-state index in [0.29, 0.717) is 12.8 Å². The van der Waals surface area contributed by atoms with Crippen LogP contribution in [-0.4, -0.2) is 89.5 Å². The summed E-state index contributed by atoms with van der Waals surface area (Å²) in [4.78, 5) is 55.1. The Balaban J connectivity index is 1.63. The molecule has 0 aromatic carbocycles. The van der Waals surface area contributed by atoms with Crippen LogP contribution in [0.3, 0.4) is 0 Å². The molecule has 0 spiro atoms. The van der Waals surface area contributed by atoms with E-state index < -0.39 is 80.5 Å². The number of hydrogen-bond acceptors (Lipinski definition) is 8. The molecule has 0 bridgehead atoms. The van der Waals surface area contributed by atoms with E-state index in [1.54, 1.807) is 26.8 Å². The van der Waals surface area contributed by atoms with Gasteiger partial charge in [0.15, 0.2) is 0 Å². The first-order valence-corrected chi connectivity index (χ1v) is 16.5. The Morgan fingerprint density at radius 3 is 2.49 bits per heavy atom. The van der Waals surface area contributed by atoms with Crippen LogP contribution in [0.4, 0.5) is 9.18 Å². The van der Waals surface area contributed by atoms with Crippen LogP contribution in [0.2, 0.25) is 0 Å². The van der Waals surface area contributed by atoms with Gasteiger partial charge in [-0.3, -0.25) is 19.1 Å². The second-order valence-corrected chi connectivity index (χ2v) is 15.9. The first-order chi connectivity index (χ1) is 19.9. The summed E-state index contributed by atoms with van der Waals surface area (Å²) in [5.41, 5.74) is -2.42. The number of alkyl halides is 1. The van der Waals surface area contributed by atoms with E-state index in [4.69, 9.17) is 4.74 Å². The molecule has 7 atom stereocenters. The summed E-state index contributed by atoms with van der Waals surface area (Å²) in [7, 11) is -4.33. The van der Waals surface area contributed by atoms with Gasteiger partial charge >= 0.3 is 6.09 Å². The topological polar surface area (TPSA) is 171 Å². The van der Waals surface area contributed by atoms with Crippen molar-refractivity contribution in [3.05, 3.63) is 12.2 Å². The second-order valence-electron chi connectivity index (χ2n) is 13.9. The van der Waals surface area contributed by atoms with Crippen LogP contribution in [0.25, 0.3) is 0 Å². The van der Waals surface area contributed by atoms with Crippen LogP contribution in [0, 0.1) is 17.8 Å². The molecular formula is C29H45FN4O8S. The number of nitrogens with zero attached hydrogens (tertiary/aromatic N) is 1. The van der Waals surface area contributed by atoms with E-state index in [1.807, 2.05) is 24.6 Å². The lowest BCUT2D eigenvalue weighted by molar-refractivity contribution is -0.142. The number of alkyl carbamates (subject to hydrolysis) is 1. The Morgan fingerprint density at radius 2 is 1.88 bits per heavy atom. The standard InChI is InChI=1S/C29H45FN4O8S/c1-17-8-6-7-9-19-14-29(19,25(38)33-43(40,41)28(16-30)10-11-28)32-23(36)21-13-20(35)15-34(21)24(37)22(18(2)12-17)31-26(39)42-27(3,4)5/h7,9,17-22,35H,6,8,10-16H2,1-5H3,(H,31,39)(H,32,36)(H,33,38). The number of carbonyl (C=O) groups is 4. The molecule has 2 aliphatic carbocycles. The average molecular weight is 629 g/mol. The number of halogens is 1. The van der Waals surface area contributed by atoms with Crippen molar-refractivity contribution in [1.29, 1.82) is 0 Å². The summed E-state index contributed by atoms with van der Waals surface area (Å²) in [6.45, 7) is 7.68. The van der Waals surface area contributed by atoms with Gasteiger partial charge in [0.1, 0.15) is 34.6 Å². The van der Waals surface area contributed by atoms with Gasteiger partial charge in [0.25, 0.3) is 5.91 Å². The number of rotatable bonds is 5. The summed E-state index contributed by atoms with van der Waals surface area (Å²) in [6, 6.07) is -2.22. The molecule has 242 valence electrons. The zero-order chi connectivity index (χ0) is 32.0. The minimum absolute atomic E-state index is 0.0982.